The number of likely N-dealkylation sites (tertiary alicyclic amines) is 1. The van der Waals surface area contributed by atoms with E-state index in [0.29, 0.717) is 31.1 Å². The Morgan fingerprint density at radius 3 is 2.59 bits per heavy atom. The van der Waals surface area contributed by atoms with Crippen LogP contribution in [0.5, 0.6) is 5.75 Å². The number of ether oxygens (including phenoxy) is 1. The van der Waals surface area contributed by atoms with Crippen molar-refractivity contribution in [2.75, 3.05) is 38.2 Å². The largest absolute Gasteiger partial charge is 0.491 e. The summed E-state index contributed by atoms with van der Waals surface area (Å²) in [6.45, 7) is 5.41. The summed E-state index contributed by atoms with van der Waals surface area (Å²) in [5, 5.41) is 9.21. The molecule has 0 bridgehead atoms. The lowest BCUT2D eigenvalue weighted by molar-refractivity contribution is 0.129. The zero-order valence-electron chi connectivity index (χ0n) is 19.5. The number of anilines is 1. The number of nitrogens with zero attached hydrogens (tertiary/aromatic N) is 4. The molecule has 2 aliphatic heterocycles. The number of H-pyrrole nitrogens is 1. The quantitative estimate of drug-likeness (QED) is 0.587. The third-order valence-corrected chi connectivity index (χ3v) is 6.77. The molecule has 1 fully saturated rings. The summed E-state index contributed by atoms with van der Waals surface area (Å²) in [5.74, 6) is 1.75. The summed E-state index contributed by atoms with van der Waals surface area (Å²) in [4.78, 5) is 36.7. The van der Waals surface area contributed by atoms with Crippen LogP contribution in [0.1, 0.15) is 25.3 Å². The van der Waals surface area contributed by atoms with Crippen LogP contribution in [0.15, 0.2) is 36.4 Å². The second kappa shape index (κ2) is 8.89. The average Bonchev–Trinajstić information content (AvgIpc) is 3.15. The maximum Gasteiger partial charge on any atom is 0.413 e. The standard InChI is InChI=1S/C25H29N5O4/c1-16-7-9-29(10-8-16)24(31)30-11-12-34-22-6-4-17(13-19(22)15-30)18-3-5-20-21(14-18)27-23(26-20)28(2)25(32)33/h3-6,13-14,16H,7-12,15H2,1-2H3,(H,26,27)(H,32,33). The number of fused-ring (bicyclic) bond motifs is 2. The van der Waals surface area contributed by atoms with Gasteiger partial charge in [0, 0.05) is 25.7 Å². The molecule has 2 aromatic carbocycles. The minimum atomic E-state index is -1.08. The lowest BCUT2D eigenvalue weighted by Gasteiger charge is -2.34. The molecule has 0 radical (unpaired) electrons. The molecule has 0 aliphatic carbocycles. The molecule has 34 heavy (non-hydrogen) atoms. The van der Waals surface area contributed by atoms with Crippen molar-refractivity contribution in [3.8, 4) is 16.9 Å². The second-order valence-corrected chi connectivity index (χ2v) is 9.18. The van der Waals surface area contributed by atoms with Gasteiger partial charge in [-0.15, -0.1) is 0 Å². The molecule has 178 valence electrons. The molecule has 0 saturated carbocycles. The first-order valence-corrected chi connectivity index (χ1v) is 11.7. The monoisotopic (exact) mass is 463 g/mol. The molecule has 1 aromatic heterocycles. The molecule has 2 N–H and O–H groups in total. The van der Waals surface area contributed by atoms with E-state index in [1.165, 1.54) is 7.05 Å². The van der Waals surface area contributed by atoms with E-state index in [9.17, 15) is 14.7 Å². The fourth-order valence-electron chi connectivity index (χ4n) is 4.56. The summed E-state index contributed by atoms with van der Waals surface area (Å²) in [7, 11) is 1.45. The van der Waals surface area contributed by atoms with E-state index in [-0.39, 0.29) is 12.0 Å². The van der Waals surface area contributed by atoms with Crippen LogP contribution in [0.25, 0.3) is 22.2 Å². The Kier molecular flexibility index (Phi) is 5.77. The molecule has 3 aromatic rings. The Hall–Kier alpha value is -3.75. The summed E-state index contributed by atoms with van der Waals surface area (Å²) in [6, 6.07) is 11.9. The number of imidazole rings is 1. The van der Waals surface area contributed by atoms with Crippen LogP contribution in [-0.2, 0) is 6.54 Å². The highest BCUT2D eigenvalue weighted by Crippen LogP contribution is 2.31. The topological polar surface area (TPSA) is 102 Å². The van der Waals surface area contributed by atoms with Crippen LogP contribution < -0.4 is 9.64 Å². The van der Waals surface area contributed by atoms with Gasteiger partial charge in [0.15, 0.2) is 0 Å². The van der Waals surface area contributed by atoms with Gasteiger partial charge in [-0.3, -0.25) is 4.90 Å². The number of aromatic nitrogens is 2. The average molecular weight is 464 g/mol. The number of urea groups is 1. The van der Waals surface area contributed by atoms with Gasteiger partial charge in [0.25, 0.3) is 0 Å². The van der Waals surface area contributed by atoms with Gasteiger partial charge in [0.05, 0.1) is 24.1 Å². The van der Waals surface area contributed by atoms with Crippen molar-refractivity contribution in [2.45, 2.75) is 26.3 Å². The van der Waals surface area contributed by atoms with Crippen molar-refractivity contribution >= 4 is 29.1 Å². The van der Waals surface area contributed by atoms with Crippen LogP contribution in [0.2, 0.25) is 0 Å². The van der Waals surface area contributed by atoms with Crippen LogP contribution in [0.4, 0.5) is 15.5 Å². The molecule has 0 atom stereocenters. The highest BCUT2D eigenvalue weighted by atomic mass is 16.5. The lowest BCUT2D eigenvalue weighted by Crippen LogP contribution is -2.46. The van der Waals surface area contributed by atoms with E-state index < -0.39 is 6.09 Å². The zero-order chi connectivity index (χ0) is 23.8. The number of hydrogen-bond donors (Lipinski definition) is 2. The number of rotatable bonds is 2. The van der Waals surface area contributed by atoms with Gasteiger partial charge in [-0.1, -0.05) is 19.1 Å². The first kappa shape index (κ1) is 22.1. The van der Waals surface area contributed by atoms with E-state index in [4.69, 9.17) is 4.74 Å². The molecule has 9 nitrogen and oxygen atoms in total. The Morgan fingerprint density at radius 1 is 1.09 bits per heavy atom. The predicted octanol–water partition coefficient (Wildman–Crippen LogP) is 4.39. The van der Waals surface area contributed by atoms with Crippen LogP contribution in [-0.4, -0.2) is 70.3 Å². The third kappa shape index (κ3) is 4.25. The molecule has 5 rings (SSSR count). The molecular weight excluding hydrogens is 434 g/mol. The normalized spacial score (nSPS) is 16.6. The van der Waals surface area contributed by atoms with Crippen molar-refractivity contribution < 1.29 is 19.4 Å². The Morgan fingerprint density at radius 2 is 1.82 bits per heavy atom. The number of carbonyl (C=O) groups is 2. The summed E-state index contributed by atoms with van der Waals surface area (Å²) in [6.07, 6.45) is 1.02. The van der Waals surface area contributed by atoms with Crippen LogP contribution >= 0.6 is 0 Å². The van der Waals surface area contributed by atoms with Crippen molar-refractivity contribution in [1.82, 2.24) is 19.8 Å². The van der Waals surface area contributed by atoms with Gasteiger partial charge in [-0.2, -0.15) is 0 Å². The SMILES string of the molecule is CC1CCN(C(=O)N2CCOc3ccc(-c4ccc5nc(N(C)C(=O)O)[nH]c5c4)cc3C2)CC1. The van der Waals surface area contributed by atoms with Gasteiger partial charge < -0.3 is 24.6 Å². The predicted molar refractivity (Wildman–Crippen MR) is 129 cm³/mol. The Balaban J connectivity index is 1.39. The van der Waals surface area contributed by atoms with Gasteiger partial charge in [-0.05, 0) is 54.2 Å². The number of carbonyl (C=O) groups excluding carboxylic acids is 1. The third-order valence-electron chi connectivity index (χ3n) is 6.77. The number of carboxylic acid groups (broad SMARTS) is 1. The number of nitrogens with one attached hydrogen (secondary N) is 1. The van der Waals surface area contributed by atoms with Gasteiger partial charge in [0.2, 0.25) is 5.95 Å². The van der Waals surface area contributed by atoms with Crippen LogP contribution in [0, 0.1) is 5.92 Å². The molecule has 0 unspecified atom stereocenters. The number of benzene rings is 2. The van der Waals surface area contributed by atoms with Gasteiger partial charge >= 0.3 is 12.1 Å². The van der Waals surface area contributed by atoms with Crippen molar-refractivity contribution in [3.63, 3.8) is 0 Å². The van der Waals surface area contributed by atoms with E-state index in [1.54, 1.807) is 0 Å². The minimum absolute atomic E-state index is 0.0858. The maximum atomic E-state index is 13.2. The molecule has 3 heterocycles. The van der Waals surface area contributed by atoms with E-state index >= 15 is 0 Å². The first-order chi connectivity index (χ1) is 16.4. The number of hydrogen-bond acceptors (Lipinski definition) is 4. The van der Waals surface area contributed by atoms with Crippen molar-refractivity contribution in [2.24, 2.45) is 5.92 Å². The number of piperidine rings is 1. The molecule has 1 saturated heterocycles. The smallest absolute Gasteiger partial charge is 0.413 e. The maximum absolute atomic E-state index is 13.2. The van der Waals surface area contributed by atoms with E-state index in [1.807, 2.05) is 40.1 Å². The summed E-state index contributed by atoms with van der Waals surface area (Å²) in [5.41, 5.74) is 4.38. The highest BCUT2D eigenvalue weighted by Gasteiger charge is 2.27. The van der Waals surface area contributed by atoms with Gasteiger partial charge in [-0.25, -0.2) is 14.6 Å². The fraction of sp³-hybridized carbons (Fsp3) is 0.400. The highest BCUT2D eigenvalue weighted by molar-refractivity contribution is 5.88. The molecule has 2 aliphatic rings. The number of aromatic amines is 1. The minimum Gasteiger partial charge on any atom is -0.491 e. The van der Waals surface area contributed by atoms with Crippen molar-refractivity contribution in [3.05, 3.63) is 42.0 Å². The zero-order valence-corrected chi connectivity index (χ0v) is 19.5. The second-order valence-electron chi connectivity index (χ2n) is 9.18. The first-order valence-electron chi connectivity index (χ1n) is 11.7. The lowest BCUT2D eigenvalue weighted by atomic mass is 9.99. The molecular formula is C25H29N5O4. The molecule has 0 spiro atoms. The summed E-state index contributed by atoms with van der Waals surface area (Å²) < 4.78 is 5.96. The van der Waals surface area contributed by atoms with Crippen LogP contribution in [0.3, 0.4) is 0 Å². The van der Waals surface area contributed by atoms with E-state index in [0.717, 1.165) is 58.8 Å². The fourth-order valence-corrected chi connectivity index (χ4v) is 4.56. The van der Waals surface area contributed by atoms with Crippen molar-refractivity contribution in [1.29, 1.82) is 0 Å². The number of amides is 3. The molecule has 9 heteroatoms. The van der Waals surface area contributed by atoms with Gasteiger partial charge in [0.1, 0.15) is 12.4 Å². The summed E-state index contributed by atoms with van der Waals surface area (Å²) >= 11 is 0. The van der Waals surface area contributed by atoms with E-state index in [2.05, 4.69) is 23.0 Å². The Bertz CT molecular complexity index is 1230. The Labute approximate surface area is 197 Å². The molecule has 3 amide bonds.